The summed E-state index contributed by atoms with van der Waals surface area (Å²) >= 11 is 0. The van der Waals surface area contributed by atoms with E-state index >= 15 is 0 Å². The summed E-state index contributed by atoms with van der Waals surface area (Å²) in [5, 5.41) is 0. The topological polar surface area (TPSA) is 52.0 Å². The summed E-state index contributed by atoms with van der Waals surface area (Å²) in [4.78, 5) is 0. The van der Waals surface area contributed by atoms with Crippen LogP contribution in [0.3, 0.4) is 0 Å². The van der Waals surface area contributed by atoms with Gasteiger partial charge in [0.15, 0.2) is 0 Å². The van der Waals surface area contributed by atoms with Crippen molar-refractivity contribution in [3.63, 3.8) is 0 Å². The number of rotatable bonds is 12. The molecule has 2 nitrogen and oxygen atoms in total. The molecule has 0 radical (unpaired) electrons. The number of hydrogen-bond acceptors (Lipinski definition) is 2. The zero-order valence-electron chi connectivity index (χ0n) is 18.3. The Morgan fingerprint density at radius 3 is 1.92 bits per heavy atom. The van der Waals surface area contributed by atoms with Crippen LogP contribution in [0.5, 0.6) is 0 Å². The summed E-state index contributed by atoms with van der Waals surface area (Å²) in [7, 11) is 0. The molecule has 2 heteroatoms. The van der Waals surface area contributed by atoms with Crippen molar-refractivity contribution in [3.8, 4) is 0 Å². The molecule has 0 amide bonds. The molecule has 1 aromatic carbocycles. The molecule has 26 heavy (non-hydrogen) atoms. The molecular weight excluding hydrogens is 316 g/mol. The maximum absolute atomic E-state index is 6.14. The van der Waals surface area contributed by atoms with E-state index in [1.165, 1.54) is 74.5 Å². The molecule has 1 aromatic rings. The molecule has 0 aliphatic rings. The lowest BCUT2D eigenvalue weighted by molar-refractivity contribution is 0.391. The highest BCUT2D eigenvalue weighted by atomic mass is 14.6. The number of nitrogens with two attached hydrogens (primary N) is 2. The minimum Gasteiger partial charge on any atom is -0.398 e. The lowest BCUT2D eigenvalue weighted by Crippen LogP contribution is -2.25. The Morgan fingerprint density at radius 1 is 0.923 bits per heavy atom. The van der Waals surface area contributed by atoms with E-state index in [2.05, 4.69) is 53.7 Å². The molecule has 0 aliphatic heterocycles. The number of aryl methyl sites for hydroxylation is 2. The first-order valence-corrected chi connectivity index (χ1v) is 10.8. The molecule has 0 saturated heterocycles. The number of benzene rings is 1. The fourth-order valence-electron chi connectivity index (χ4n) is 3.78. The van der Waals surface area contributed by atoms with Gasteiger partial charge in [-0.1, -0.05) is 78.4 Å². The first-order chi connectivity index (χ1) is 12.2. The van der Waals surface area contributed by atoms with Crippen LogP contribution in [0.25, 0.3) is 0 Å². The van der Waals surface area contributed by atoms with E-state index in [1.54, 1.807) is 0 Å². The summed E-state index contributed by atoms with van der Waals surface area (Å²) in [6.07, 6.45) is 11.6. The first-order valence-electron chi connectivity index (χ1n) is 10.8. The largest absolute Gasteiger partial charge is 0.398 e. The van der Waals surface area contributed by atoms with Crippen molar-refractivity contribution < 1.29 is 0 Å². The molecule has 150 valence electrons. The molecule has 0 fully saturated rings. The van der Waals surface area contributed by atoms with Gasteiger partial charge in [0.1, 0.15) is 0 Å². The molecule has 4 N–H and O–H groups in total. The van der Waals surface area contributed by atoms with Gasteiger partial charge < -0.3 is 11.5 Å². The zero-order chi connectivity index (χ0) is 19.7. The molecular formula is C24H44N2. The number of unbranched alkanes of at least 4 members (excludes halogenated alkanes) is 5. The lowest BCUT2D eigenvalue weighted by Gasteiger charge is -2.30. The monoisotopic (exact) mass is 360 g/mol. The molecule has 2 unspecified atom stereocenters. The van der Waals surface area contributed by atoms with E-state index in [0.29, 0.717) is 12.0 Å². The Morgan fingerprint density at radius 2 is 1.42 bits per heavy atom. The van der Waals surface area contributed by atoms with Gasteiger partial charge in [0.05, 0.1) is 0 Å². The zero-order valence-corrected chi connectivity index (χ0v) is 18.3. The molecule has 0 bridgehead atoms. The molecule has 0 aromatic heterocycles. The Balaban J connectivity index is 2.36. The van der Waals surface area contributed by atoms with Crippen molar-refractivity contribution in [1.29, 1.82) is 0 Å². The summed E-state index contributed by atoms with van der Waals surface area (Å²) in [6.45, 7) is 13.4. The Kier molecular flexibility index (Phi) is 9.71. The third kappa shape index (κ3) is 6.95. The summed E-state index contributed by atoms with van der Waals surface area (Å²) in [5.41, 5.74) is 17.4. The van der Waals surface area contributed by atoms with E-state index in [9.17, 15) is 0 Å². The normalized spacial score (nSPS) is 15.2. The number of nitrogen functional groups attached to an aromatic ring is 1. The minimum atomic E-state index is 0.271. The summed E-state index contributed by atoms with van der Waals surface area (Å²) < 4.78 is 0. The van der Waals surface area contributed by atoms with Crippen molar-refractivity contribution >= 4 is 5.69 Å². The van der Waals surface area contributed by atoms with Crippen LogP contribution >= 0.6 is 0 Å². The second kappa shape index (κ2) is 11.0. The Hall–Kier alpha value is -1.02. The average Bonchev–Trinajstić information content (AvgIpc) is 2.60. The van der Waals surface area contributed by atoms with Crippen LogP contribution in [-0.4, -0.2) is 6.04 Å². The molecule has 0 spiro atoms. The second-order valence-electron chi connectivity index (χ2n) is 9.01. The van der Waals surface area contributed by atoms with Crippen molar-refractivity contribution in [2.24, 2.45) is 11.7 Å². The SMILES string of the molecule is CCC(C)(CCCCCCCCC(N)C(C)C)c1cc(C)c(N)c(C)c1. The van der Waals surface area contributed by atoms with Gasteiger partial charge in [-0.25, -0.2) is 0 Å². The fourth-order valence-corrected chi connectivity index (χ4v) is 3.78. The van der Waals surface area contributed by atoms with Crippen molar-refractivity contribution in [1.82, 2.24) is 0 Å². The van der Waals surface area contributed by atoms with E-state index < -0.39 is 0 Å². The quantitative estimate of drug-likeness (QED) is 0.323. The van der Waals surface area contributed by atoms with E-state index in [4.69, 9.17) is 11.5 Å². The Labute approximate surface area is 163 Å². The maximum atomic E-state index is 6.14. The van der Waals surface area contributed by atoms with Crippen LogP contribution in [0, 0.1) is 19.8 Å². The van der Waals surface area contributed by atoms with Crippen LogP contribution in [0.1, 0.15) is 102 Å². The van der Waals surface area contributed by atoms with Gasteiger partial charge in [0.25, 0.3) is 0 Å². The van der Waals surface area contributed by atoms with E-state index in [1.807, 2.05) is 0 Å². The highest BCUT2D eigenvalue weighted by Gasteiger charge is 2.25. The van der Waals surface area contributed by atoms with Crippen LogP contribution < -0.4 is 11.5 Å². The summed E-state index contributed by atoms with van der Waals surface area (Å²) in [6, 6.07) is 5.00. The van der Waals surface area contributed by atoms with Gasteiger partial charge >= 0.3 is 0 Å². The molecule has 1 rings (SSSR count). The van der Waals surface area contributed by atoms with Gasteiger partial charge in [0.2, 0.25) is 0 Å². The molecule has 0 heterocycles. The van der Waals surface area contributed by atoms with Crippen molar-refractivity contribution in [2.45, 2.75) is 111 Å². The van der Waals surface area contributed by atoms with Crippen LogP contribution in [0.15, 0.2) is 12.1 Å². The third-order valence-corrected chi connectivity index (χ3v) is 6.44. The number of anilines is 1. The van der Waals surface area contributed by atoms with Gasteiger partial charge in [-0.05, 0) is 61.1 Å². The average molecular weight is 361 g/mol. The fraction of sp³-hybridized carbons (Fsp3) is 0.750. The van der Waals surface area contributed by atoms with Gasteiger partial charge in [-0.2, -0.15) is 0 Å². The minimum absolute atomic E-state index is 0.271. The van der Waals surface area contributed by atoms with E-state index in [-0.39, 0.29) is 5.41 Å². The first kappa shape index (κ1) is 23.0. The third-order valence-electron chi connectivity index (χ3n) is 6.44. The van der Waals surface area contributed by atoms with Crippen LogP contribution in [0.4, 0.5) is 5.69 Å². The highest BCUT2D eigenvalue weighted by molar-refractivity contribution is 5.55. The van der Waals surface area contributed by atoms with Crippen molar-refractivity contribution in [2.75, 3.05) is 5.73 Å². The van der Waals surface area contributed by atoms with Gasteiger partial charge in [-0.3, -0.25) is 0 Å². The number of hydrogen-bond donors (Lipinski definition) is 2. The lowest BCUT2D eigenvalue weighted by atomic mass is 9.75. The van der Waals surface area contributed by atoms with Gasteiger partial charge in [-0.15, -0.1) is 0 Å². The smallest absolute Gasteiger partial charge is 0.0373 e. The molecule has 0 aliphatic carbocycles. The Bertz CT molecular complexity index is 512. The van der Waals surface area contributed by atoms with E-state index in [0.717, 1.165) is 5.69 Å². The van der Waals surface area contributed by atoms with Crippen molar-refractivity contribution in [3.05, 3.63) is 28.8 Å². The van der Waals surface area contributed by atoms with Crippen LogP contribution in [0.2, 0.25) is 0 Å². The second-order valence-corrected chi connectivity index (χ2v) is 9.01. The van der Waals surface area contributed by atoms with Crippen LogP contribution in [-0.2, 0) is 5.41 Å². The highest BCUT2D eigenvalue weighted by Crippen LogP contribution is 2.36. The maximum Gasteiger partial charge on any atom is 0.0373 e. The molecule has 2 atom stereocenters. The predicted molar refractivity (Wildman–Crippen MR) is 118 cm³/mol. The van der Waals surface area contributed by atoms with Gasteiger partial charge in [0, 0.05) is 11.7 Å². The molecule has 0 saturated carbocycles. The predicted octanol–water partition coefficient (Wildman–Crippen LogP) is 6.66. The standard InChI is InChI=1S/C24H44N2/c1-7-24(6,21-16-19(4)23(26)20(5)17-21)15-13-11-9-8-10-12-14-22(25)18(2)3/h16-18,22H,7-15,25-26H2,1-6H3. The summed E-state index contributed by atoms with van der Waals surface area (Å²) in [5.74, 6) is 0.613.